The Labute approximate surface area is 145 Å². The molecule has 0 fully saturated rings. The van der Waals surface area contributed by atoms with Crippen molar-refractivity contribution in [1.29, 1.82) is 0 Å². The molecule has 1 atom stereocenters. The number of rotatable bonds is 5. The van der Waals surface area contributed by atoms with Crippen LogP contribution in [0.2, 0.25) is 0 Å². The molecule has 0 aliphatic heterocycles. The number of amides is 2. The summed E-state index contributed by atoms with van der Waals surface area (Å²) in [4.78, 5) is 35.3. The minimum Gasteiger partial charge on any atom is -0.347 e. The average Bonchev–Trinajstić information content (AvgIpc) is 3.06. The van der Waals surface area contributed by atoms with Crippen LogP contribution in [0.4, 0.5) is 5.69 Å². The fraction of sp³-hybridized carbons (Fsp3) is 0.278. The van der Waals surface area contributed by atoms with Crippen molar-refractivity contribution >= 4 is 34.6 Å². The van der Waals surface area contributed by atoms with E-state index in [2.05, 4.69) is 10.6 Å². The zero-order valence-electron chi connectivity index (χ0n) is 13.9. The normalized spacial score (nSPS) is 11.6. The predicted molar refractivity (Wildman–Crippen MR) is 95.6 cm³/mol. The van der Waals surface area contributed by atoms with E-state index in [0.29, 0.717) is 17.8 Å². The molecule has 1 aromatic carbocycles. The SMILES string of the molecule is CC(=O)c1ccc(NC(=O)C(=O)NCC(C)c2ccsc2)cc1C. The van der Waals surface area contributed by atoms with Crippen molar-refractivity contribution < 1.29 is 14.4 Å². The lowest BCUT2D eigenvalue weighted by Gasteiger charge is -2.12. The number of carbonyl (C=O) groups is 3. The molecule has 5 nitrogen and oxygen atoms in total. The average molecular weight is 344 g/mol. The van der Waals surface area contributed by atoms with Gasteiger partial charge in [-0.1, -0.05) is 6.92 Å². The number of carbonyl (C=O) groups excluding carboxylic acids is 3. The summed E-state index contributed by atoms with van der Waals surface area (Å²) in [7, 11) is 0. The summed E-state index contributed by atoms with van der Waals surface area (Å²) >= 11 is 1.60. The number of nitrogens with one attached hydrogen (secondary N) is 2. The van der Waals surface area contributed by atoms with Crippen LogP contribution in [0, 0.1) is 6.92 Å². The first kappa shape index (κ1) is 17.9. The number of anilines is 1. The lowest BCUT2D eigenvalue weighted by Crippen LogP contribution is -2.37. The minimum absolute atomic E-state index is 0.0365. The van der Waals surface area contributed by atoms with E-state index in [-0.39, 0.29) is 11.7 Å². The molecular formula is C18H20N2O3S. The van der Waals surface area contributed by atoms with Gasteiger partial charge in [-0.25, -0.2) is 0 Å². The molecule has 0 aliphatic rings. The summed E-state index contributed by atoms with van der Waals surface area (Å²) in [6, 6.07) is 6.93. The van der Waals surface area contributed by atoms with Gasteiger partial charge < -0.3 is 10.6 Å². The summed E-state index contributed by atoms with van der Waals surface area (Å²) < 4.78 is 0. The molecule has 2 aromatic rings. The molecule has 0 saturated heterocycles. The third-order valence-electron chi connectivity index (χ3n) is 3.75. The molecule has 0 bridgehead atoms. The van der Waals surface area contributed by atoms with E-state index in [1.54, 1.807) is 36.5 Å². The number of aryl methyl sites for hydroxylation is 1. The van der Waals surface area contributed by atoms with Gasteiger partial charge in [0.1, 0.15) is 0 Å². The number of hydrogen-bond donors (Lipinski definition) is 2. The Kier molecular flexibility index (Phi) is 5.87. The number of hydrogen-bond acceptors (Lipinski definition) is 4. The van der Waals surface area contributed by atoms with Crippen molar-refractivity contribution in [2.75, 3.05) is 11.9 Å². The Morgan fingerprint density at radius 3 is 2.50 bits per heavy atom. The monoisotopic (exact) mass is 344 g/mol. The van der Waals surface area contributed by atoms with E-state index in [9.17, 15) is 14.4 Å². The number of benzene rings is 1. The van der Waals surface area contributed by atoms with Crippen molar-refractivity contribution in [3.8, 4) is 0 Å². The number of thiophene rings is 1. The van der Waals surface area contributed by atoms with Gasteiger partial charge in [0.15, 0.2) is 5.78 Å². The van der Waals surface area contributed by atoms with Crippen molar-refractivity contribution in [3.63, 3.8) is 0 Å². The molecule has 2 rings (SSSR count). The van der Waals surface area contributed by atoms with Crippen molar-refractivity contribution in [1.82, 2.24) is 5.32 Å². The lowest BCUT2D eigenvalue weighted by molar-refractivity contribution is -0.136. The first-order valence-electron chi connectivity index (χ1n) is 7.61. The molecule has 1 aromatic heterocycles. The van der Waals surface area contributed by atoms with Gasteiger partial charge in [-0.15, -0.1) is 0 Å². The van der Waals surface area contributed by atoms with Crippen LogP contribution in [0.3, 0.4) is 0 Å². The van der Waals surface area contributed by atoms with Gasteiger partial charge in [-0.2, -0.15) is 11.3 Å². The van der Waals surface area contributed by atoms with E-state index >= 15 is 0 Å². The number of ketones is 1. The molecular weight excluding hydrogens is 324 g/mol. The first-order chi connectivity index (χ1) is 11.4. The molecule has 0 saturated carbocycles. The molecule has 24 heavy (non-hydrogen) atoms. The van der Waals surface area contributed by atoms with Gasteiger partial charge in [0.2, 0.25) is 0 Å². The Morgan fingerprint density at radius 1 is 1.17 bits per heavy atom. The van der Waals surface area contributed by atoms with E-state index in [1.807, 2.05) is 23.8 Å². The summed E-state index contributed by atoms with van der Waals surface area (Å²) in [6.07, 6.45) is 0. The Bertz CT molecular complexity index is 754. The van der Waals surface area contributed by atoms with Crippen LogP contribution in [0.1, 0.15) is 41.3 Å². The van der Waals surface area contributed by atoms with E-state index < -0.39 is 11.8 Å². The van der Waals surface area contributed by atoms with Gasteiger partial charge in [-0.3, -0.25) is 14.4 Å². The summed E-state index contributed by atoms with van der Waals surface area (Å²) in [5.74, 6) is -1.29. The summed E-state index contributed by atoms with van der Waals surface area (Å²) in [5, 5.41) is 9.19. The summed E-state index contributed by atoms with van der Waals surface area (Å²) in [6.45, 7) is 5.66. The van der Waals surface area contributed by atoms with Gasteiger partial charge in [0.05, 0.1) is 0 Å². The van der Waals surface area contributed by atoms with Crippen LogP contribution in [0.15, 0.2) is 35.0 Å². The maximum atomic E-state index is 12.0. The highest BCUT2D eigenvalue weighted by Gasteiger charge is 2.16. The maximum absolute atomic E-state index is 12.0. The van der Waals surface area contributed by atoms with Crippen LogP contribution >= 0.6 is 11.3 Å². The lowest BCUT2D eigenvalue weighted by atomic mass is 10.0. The van der Waals surface area contributed by atoms with Crippen LogP contribution < -0.4 is 10.6 Å². The molecule has 0 aliphatic carbocycles. The van der Waals surface area contributed by atoms with Gasteiger partial charge in [0.25, 0.3) is 0 Å². The Hall–Kier alpha value is -2.47. The van der Waals surface area contributed by atoms with Crippen molar-refractivity contribution in [3.05, 3.63) is 51.7 Å². The van der Waals surface area contributed by atoms with E-state index in [1.165, 1.54) is 6.92 Å². The van der Waals surface area contributed by atoms with Gasteiger partial charge in [-0.05, 0) is 65.9 Å². The van der Waals surface area contributed by atoms with Crippen LogP contribution in [-0.2, 0) is 9.59 Å². The highest BCUT2D eigenvalue weighted by atomic mass is 32.1. The molecule has 0 spiro atoms. The Morgan fingerprint density at radius 2 is 1.92 bits per heavy atom. The van der Waals surface area contributed by atoms with Gasteiger partial charge in [0, 0.05) is 17.8 Å². The first-order valence-corrected chi connectivity index (χ1v) is 8.55. The second kappa shape index (κ2) is 7.88. The quantitative estimate of drug-likeness (QED) is 0.646. The standard InChI is InChI=1S/C18H20N2O3S/c1-11-8-15(4-5-16(11)13(3)21)20-18(23)17(22)19-9-12(2)14-6-7-24-10-14/h4-8,10,12H,9H2,1-3H3,(H,19,22)(H,20,23). The van der Waals surface area contributed by atoms with Gasteiger partial charge >= 0.3 is 11.8 Å². The highest BCUT2D eigenvalue weighted by molar-refractivity contribution is 7.07. The van der Waals surface area contributed by atoms with Crippen molar-refractivity contribution in [2.45, 2.75) is 26.7 Å². The topological polar surface area (TPSA) is 75.3 Å². The third-order valence-corrected chi connectivity index (χ3v) is 4.45. The van der Waals surface area contributed by atoms with E-state index in [4.69, 9.17) is 0 Å². The van der Waals surface area contributed by atoms with Crippen molar-refractivity contribution in [2.24, 2.45) is 0 Å². The third kappa shape index (κ3) is 4.52. The molecule has 2 N–H and O–H groups in total. The maximum Gasteiger partial charge on any atom is 0.313 e. The largest absolute Gasteiger partial charge is 0.347 e. The number of Topliss-reactive ketones (excluding diaryl/α,β-unsaturated/α-hetero) is 1. The second-order valence-corrected chi connectivity index (χ2v) is 6.49. The molecule has 0 radical (unpaired) electrons. The molecule has 126 valence electrons. The fourth-order valence-corrected chi connectivity index (χ4v) is 3.11. The van der Waals surface area contributed by atoms with Crippen LogP contribution in [0.25, 0.3) is 0 Å². The Balaban J connectivity index is 1.91. The zero-order chi connectivity index (χ0) is 17.7. The van der Waals surface area contributed by atoms with Crippen LogP contribution in [0.5, 0.6) is 0 Å². The van der Waals surface area contributed by atoms with Crippen LogP contribution in [-0.4, -0.2) is 24.1 Å². The molecule has 2 amide bonds. The summed E-state index contributed by atoms with van der Waals surface area (Å²) in [5.41, 5.74) is 2.98. The second-order valence-electron chi connectivity index (χ2n) is 5.71. The predicted octanol–water partition coefficient (Wildman–Crippen LogP) is 3.12. The molecule has 1 heterocycles. The minimum atomic E-state index is -0.720. The molecule has 6 heteroatoms. The van der Waals surface area contributed by atoms with E-state index in [0.717, 1.165) is 11.1 Å². The fourth-order valence-electron chi connectivity index (χ4n) is 2.32. The smallest absolute Gasteiger partial charge is 0.313 e. The molecule has 1 unspecified atom stereocenters. The zero-order valence-corrected chi connectivity index (χ0v) is 14.7. The highest BCUT2D eigenvalue weighted by Crippen LogP contribution is 2.17.